The summed E-state index contributed by atoms with van der Waals surface area (Å²) in [6.45, 7) is 4.47. The number of rotatable bonds is 6. The highest BCUT2D eigenvalue weighted by Gasteiger charge is 2.24. The molecule has 16 heavy (non-hydrogen) atoms. The second-order valence-electron chi connectivity index (χ2n) is 4.51. The van der Waals surface area contributed by atoms with Gasteiger partial charge in [-0.2, -0.15) is 0 Å². The van der Waals surface area contributed by atoms with Gasteiger partial charge in [-0.05, 0) is 37.3 Å². The summed E-state index contributed by atoms with van der Waals surface area (Å²) in [6.07, 6.45) is 3.93. The van der Waals surface area contributed by atoms with E-state index >= 15 is 0 Å². The molecule has 0 saturated heterocycles. The summed E-state index contributed by atoms with van der Waals surface area (Å²) in [6, 6.07) is 6.13. The van der Waals surface area contributed by atoms with Crippen LogP contribution in [-0.2, 0) is 5.88 Å². The monoisotopic (exact) mass is 238 g/mol. The predicted molar refractivity (Wildman–Crippen MR) is 69.0 cm³/mol. The number of anilines is 1. The first kappa shape index (κ1) is 11.7. The van der Waals surface area contributed by atoms with Crippen molar-refractivity contribution >= 4 is 17.4 Å². The summed E-state index contributed by atoms with van der Waals surface area (Å²) in [7, 11) is 0. The van der Waals surface area contributed by atoms with Gasteiger partial charge in [-0.25, -0.2) is 4.98 Å². The minimum atomic E-state index is 0.497. The molecule has 0 unspecified atom stereocenters. The molecule has 1 aliphatic carbocycles. The molecule has 0 aliphatic heterocycles. The Kier molecular flexibility index (Phi) is 4.05. The zero-order valence-electron chi connectivity index (χ0n) is 9.82. The van der Waals surface area contributed by atoms with Crippen molar-refractivity contribution in [1.29, 1.82) is 0 Å². The van der Waals surface area contributed by atoms with E-state index in [1.54, 1.807) is 0 Å². The van der Waals surface area contributed by atoms with E-state index in [1.807, 2.05) is 6.07 Å². The molecule has 2 rings (SSSR count). The highest BCUT2D eigenvalue weighted by atomic mass is 35.5. The van der Waals surface area contributed by atoms with Crippen molar-refractivity contribution < 1.29 is 0 Å². The van der Waals surface area contributed by atoms with Gasteiger partial charge in [-0.1, -0.05) is 13.0 Å². The fraction of sp³-hybridized carbons (Fsp3) is 0.615. The summed E-state index contributed by atoms with van der Waals surface area (Å²) in [4.78, 5) is 6.98. The Morgan fingerprint density at radius 1 is 1.44 bits per heavy atom. The molecule has 1 fully saturated rings. The zero-order chi connectivity index (χ0) is 11.4. The van der Waals surface area contributed by atoms with E-state index in [0.717, 1.165) is 30.5 Å². The third-order valence-corrected chi connectivity index (χ3v) is 3.20. The zero-order valence-corrected chi connectivity index (χ0v) is 10.6. The van der Waals surface area contributed by atoms with E-state index < -0.39 is 0 Å². The standard InChI is InChI=1S/C13H19ClN2/c1-2-8-16(10-11-6-7-11)13-5-3-4-12(9-14)15-13/h3-5,11H,2,6-10H2,1H3. The van der Waals surface area contributed by atoms with Gasteiger partial charge in [0.15, 0.2) is 0 Å². The van der Waals surface area contributed by atoms with Crippen molar-refractivity contribution in [3.63, 3.8) is 0 Å². The van der Waals surface area contributed by atoms with Gasteiger partial charge in [0.2, 0.25) is 0 Å². The van der Waals surface area contributed by atoms with Crippen LogP contribution in [-0.4, -0.2) is 18.1 Å². The smallest absolute Gasteiger partial charge is 0.128 e. The van der Waals surface area contributed by atoms with E-state index in [4.69, 9.17) is 11.6 Å². The Labute approximate surface area is 103 Å². The van der Waals surface area contributed by atoms with Crippen molar-refractivity contribution in [3.8, 4) is 0 Å². The SMILES string of the molecule is CCCN(CC1CC1)c1cccc(CCl)n1. The van der Waals surface area contributed by atoms with Crippen LogP contribution < -0.4 is 4.90 Å². The summed E-state index contributed by atoms with van der Waals surface area (Å²) >= 11 is 5.82. The minimum Gasteiger partial charge on any atom is -0.356 e. The third kappa shape index (κ3) is 3.11. The maximum Gasteiger partial charge on any atom is 0.128 e. The molecule has 0 atom stereocenters. The van der Waals surface area contributed by atoms with E-state index in [1.165, 1.54) is 19.3 Å². The highest BCUT2D eigenvalue weighted by Crippen LogP contribution is 2.31. The predicted octanol–water partition coefficient (Wildman–Crippen LogP) is 3.45. The summed E-state index contributed by atoms with van der Waals surface area (Å²) in [5.74, 6) is 2.48. The summed E-state index contributed by atoms with van der Waals surface area (Å²) < 4.78 is 0. The Balaban J connectivity index is 2.08. The van der Waals surface area contributed by atoms with Crippen LogP contribution in [0.2, 0.25) is 0 Å². The van der Waals surface area contributed by atoms with Crippen molar-refractivity contribution in [2.45, 2.75) is 32.1 Å². The normalized spacial score (nSPS) is 15.1. The first-order valence-electron chi connectivity index (χ1n) is 6.10. The summed E-state index contributed by atoms with van der Waals surface area (Å²) in [5, 5.41) is 0. The molecular weight excluding hydrogens is 220 g/mol. The molecule has 1 aliphatic rings. The number of aromatic nitrogens is 1. The number of pyridine rings is 1. The molecule has 0 spiro atoms. The molecule has 1 heterocycles. The van der Waals surface area contributed by atoms with Crippen LogP contribution in [0.4, 0.5) is 5.82 Å². The average Bonchev–Trinajstić information content (AvgIpc) is 3.12. The van der Waals surface area contributed by atoms with Crippen LogP contribution in [0.25, 0.3) is 0 Å². The van der Waals surface area contributed by atoms with Crippen molar-refractivity contribution in [2.75, 3.05) is 18.0 Å². The first-order valence-corrected chi connectivity index (χ1v) is 6.63. The molecule has 0 amide bonds. The van der Waals surface area contributed by atoms with Crippen LogP contribution in [0.15, 0.2) is 18.2 Å². The molecule has 3 heteroatoms. The number of halogens is 1. The Morgan fingerprint density at radius 2 is 2.25 bits per heavy atom. The summed E-state index contributed by atoms with van der Waals surface area (Å²) in [5.41, 5.74) is 0.969. The topological polar surface area (TPSA) is 16.1 Å². The fourth-order valence-corrected chi connectivity index (χ4v) is 2.05. The van der Waals surface area contributed by atoms with Gasteiger partial charge in [-0.3, -0.25) is 0 Å². The molecule has 0 N–H and O–H groups in total. The van der Waals surface area contributed by atoms with Gasteiger partial charge in [0.25, 0.3) is 0 Å². The Morgan fingerprint density at radius 3 is 2.88 bits per heavy atom. The highest BCUT2D eigenvalue weighted by molar-refractivity contribution is 6.16. The lowest BCUT2D eigenvalue weighted by atomic mass is 10.3. The second kappa shape index (κ2) is 5.53. The lowest BCUT2D eigenvalue weighted by Gasteiger charge is -2.23. The molecule has 88 valence electrons. The molecular formula is C13H19ClN2. The van der Waals surface area contributed by atoms with Crippen LogP contribution in [0, 0.1) is 5.92 Å². The number of hydrogen-bond donors (Lipinski definition) is 0. The maximum atomic E-state index is 5.82. The van der Waals surface area contributed by atoms with Crippen molar-refractivity contribution in [1.82, 2.24) is 4.98 Å². The largest absolute Gasteiger partial charge is 0.356 e. The van der Waals surface area contributed by atoms with Crippen LogP contribution in [0.3, 0.4) is 0 Å². The maximum absolute atomic E-state index is 5.82. The van der Waals surface area contributed by atoms with Crippen LogP contribution >= 0.6 is 11.6 Å². The average molecular weight is 239 g/mol. The molecule has 1 saturated carbocycles. The molecule has 2 nitrogen and oxygen atoms in total. The van der Waals surface area contributed by atoms with E-state index in [9.17, 15) is 0 Å². The lowest BCUT2D eigenvalue weighted by molar-refractivity contribution is 0.698. The first-order chi connectivity index (χ1) is 7.83. The molecule has 0 aromatic carbocycles. The third-order valence-electron chi connectivity index (χ3n) is 2.92. The quantitative estimate of drug-likeness (QED) is 0.706. The van der Waals surface area contributed by atoms with E-state index in [-0.39, 0.29) is 0 Å². The van der Waals surface area contributed by atoms with Gasteiger partial charge < -0.3 is 4.90 Å². The van der Waals surface area contributed by atoms with E-state index in [0.29, 0.717) is 5.88 Å². The molecule has 1 aromatic heterocycles. The fourth-order valence-electron chi connectivity index (χ4n) is 1.90. The van der Waals surface area contributed by atoms with Gasteiger partial charge in [0.1, 0.15) is 5.82 Å². The van der Waals surface area contributed by atoms with Gasteiger partial charge in [-0.15, -0.1) is 11.6 Å². The van der Waals surface area contributed by atoms with Gasteiger partial charge in [0.05, 0.1) is 11.6 Å². The van der Waals surface area contributed by atoms with Crippen LogP contribution in [0.1, 0.15) is 31.9 Å². The van der Waals surface area contributed by atoms with Gasteiger partial charge in [0, 0.05) is 13.1 Å². The molecule has 1 aromatic rings. The van der Waals surface area contributed by atoms with Gasteiger partial charge >= 0.3 is 0 Å². The number of alkyl halides is 1. The van der Waals surface area contributed by atoms with Crippen molar-refractivity contribution in [2.24, 2.45) is 5.92 Å². The van der Waals surface area contributed by atoms with Crippen LogP contribution in [0.5, 0.6) is 0 Å². The Bertz CT molecular complexity index is 336. The Hall–Kier alpha value is -0.760. The number of nitrogens with zero attached hydrogens (tertiary/aromatic N) is 2. The molecule has 0 radical (unpaired) electrons. The molecule has 0 bridgehead atoms. The lowest BCUT2D eigenvalue weighted by Crippen LogP contribution is -2.27. The minimum absolute atomic E-state index is 0.497. The van der Waals surface area contributed by atoms with Crippen molar-refractivity contribution in [3.05, 3.63) is 23.9 Å². The number of hydrogen-bond acceptors (Lipinski definition) is 2. The second-order valence-corrected chi connectivity index (χ2v) is 4.78. The van der Waals surface area contributed by atoms with E-state index in [2.05, 4.69) is 28.9 Å².